The summed E-state index contributed by atoms with van der Waals surface area (Å²) >= 11 is 0. The Balaban J connectivity index is 1.74. The lowest BCUT2D eigenvalue weighted by atomic mass is 9.94. The SMILES string of the molecule is CCc1c(F)ccc2cc(O)cc(-c3ncc4c(N5CCC[C@@](C)(OC)C5)nc(C)nc4c3F)c12. The summed E-state index contributed by atoms with van der Waals surface area (Å²) in [5, 5.41) is 12.0. The van der Waals surface area contributed by atoms with Crippen molar-refractivity contribution in [1.29, 1.82) is 0 Å². The fourth-order valence-electron chi connectivity index (χ4n) is 5.16. The Morgan fingerprint density at radius 1 is 1.20 bits per heavy atom. The molecule has 6 nitrogen and oxygen atoms in total. The molecule has 0 bridgehead atoms. The molecule has 0 saturated carbocycles. The van der Waals surface area contributed by atoms with Crippen LogP contribution in [0.2, 0.25) is 0 Å². The first-order valence-corrected chi connectivity index (χ1v) is 11.8. The predicted octanol–water partition coefficient (Wildman–Crippen LogP) is 5.70. The summed E-state index contributed by atoms with van der Waals surface area (Å²) in [5.41, 5.74) is 0.622. The highest BCUT2D eigenvalue weighted by atomic mass is 19.1. The van der Waals surface area contributed by atoms with Crippen molar-refractivity contribution in [3.63, 3.8) is 0 Å². The van der Waals surface area contributed by atoms with Crippen LogP contribution in [0.3, 0.4) is 0 Å². The number of aromatic hydroxyl groups is 1. The summed E-state index contributed by atoms with van der Waals surface area (Å²) in [6, 6.07) is 5.93. The van der Waals surface area contributed by atoms with E-state index >= 15 is 4.39 Å². The van der Waals surface area contributed by atoms with Gasteiger partial charge in [0.05, 0.1) is 11.0 Å². The summed E-state index contributed by atoms with van der Waals surface area (Å²) < 4.78 is 36.5. The number of phenols is 1. The maximum absolute atomic E-state index is 16.1. The Labute approximate surface area is 202 Å². The van der Waals surface area contributed by atoms with Gasteiger partial charge in [0.2, 0.25) is 0 Å². The zero-order valence-electron chi connectivity index (χ0n) is 20.3. The van der Waals surface area contributed by atoms with E-state index < -0.39 is 5.82 Å². The maximum atomic E-state index is 16.1. The maximum Gasteiger partial charge on any atom is 0.175 e. The van der Waals surface area contributed by atoms with Crippen LogP contribution in [0.15, 0.2) is 30.5 Å². The number of hydrogen-bond donors (Lipinski definition) is 1. The number of aromatic nitrogens is 3. The van der Waals surface area contributed by atoms with E-state index in [4.69, 9.17) is 4.74 Å². The third kappa shape index (κ3) is 3.95. The average Bonchev–Trinajstić information content (AvgIpc) is 2.84. The zero-order valence-corrected chi connectivity index (χ0v) is 20.3. The van der Waals surface area contributed by atoms with Crippen LogP contribution in [0.5, 0.6) is 5.75 Å². The molecule has 8 heteroatoms. The molecule has 0 aliphatic carbocycles. The van der Waals surface area contributed by atoms with Crippen molar-refractivity contribution in [1.82, 2.24) is 15.0 Å². The fraction of sp³-hybridized carbons (Fsp3) is 0.370. The molecule has 0 amide bonds. The smallest absolute Gasteiger partial charge is 0.175 e. The van der Waals surface area contributed by atoms with Crippen LogP contribution >= 0.6 is 0 Å². The minimum absolute atomic E-state index is 0.0168. The first kappa shape index (κ1) is 23.4. The van der Waals surface area contributed by atoms with Gasteiger partial charge in [-0.1, -0.05) is 13.0 Å². The molecule has 1 aliphatic rings. The van der Waals surface area contributed by atoms with Crippen molar-refractivity contribution >= 4 is 27.5 Å². The molecule has 0 radical (unpaired) electrons. The number of pyridine rings is 1. The molecule has 1 fully saturated rings. The summed E-state index contributed by atoms with van der Waals surface area (Å²) in [4.78, 5) is 15.6. The summed E-state index contributed by atoms with van der Waals surface area (Å²) in [6.07, 6.45) is 3.83. The lowest BCUT2D eigenvalue weighted by Crippen LogP contribution is -2.47. The number of piperidine rings is 1. The Bertz CT molecular complexity index is 1460. The third-order valence-electron chi connectivity index (χ3n) is 6.99. The number of benzene rings is 2. The van der Waals surface area contributed by atoms with Crippen LogP contribution in [-0.4, -0.2) is 45.9 Å². The van der Waals surface area contributed by atoms with Crippen molar-refractivity contribution in [2.45, 2.75) is 45.6 Å². The van der Waals surface area contributed by atoms with Crippen molar-refractivity contribution < 1.29 is 18.6 Å². The standard InChI is InChI=1S/C27H28F2N4O2/c1-5-18-21(28)8-7-16-11-17(34)12-19(22(16)18)24-23(29)25-20(13-30-24)26(32-15(2)31-25)33-10-6-9-27(3,14-33)35-4/h7-8,11-13,34H,5-6,9-10,14H2,1-4H3/t27-/m1/s1. The van der Waals surface area contributed by atoms with Crippen LogP contribution in [0.25, 0.3) is 32.9 Å². The topological polar surface area (TPSA) is 71.4 Å². The number of phenolic OH excluding ortho intramolecular Hbond substituents is 1. The van der Waals surface area contributed by atoms with Crippen molar-refractivity contribution in [3.05, 3.63) is 53.5 Å². The second-order valence-corrected chi connectivity index (χ2v) is 9.43. The molecule has 182 valence electrons. The second kappa shape index (κ2) is 8.68. The molecule has 5 rings (SSSR count). The van der Waals surface area contributed by atoms with Crippen LogP contribution in [-0.2, 0) is 11.2 Å². The van der Waals surface area contributed by atoms with Gasteiger partial charge in [-0.2, -0.15) is 0 Å². The monoisotopic (exact) mass is 478 g/mol. The van der Waals surface area contributed by atoms with Gasteiger partial charge < -0.3 is 14.7 Å². The molecule has 3 heterocycles. The van der Waals surface area contributed by atoms with Crippen LogP contribution in [0.1, 0.15) is 38.1 Å². The molecule has 35 heavy (non-hydrogen) atoms. The van der Waals surface area contributed by atoms with E-state index in [9.17, 15) is 9.50 Å². The highest BCUT2D eigenvalue weighted by Crippen LogP contribution is 2.39. The molecule has 1 N–H and O–H groups in total. The lowest BCUT2D eigenvalue weighted by Gasteiger charge is -2.40. The Morgan fingerprint density at radius 2 is 2.00 bits per heavy atom. The lowest BCUT2D eigenvalue weighted by molar-refractivity contribution is -0.00476. The van der Waals surface area contributed by atoms with Gasteiger partial charge in [0.25, 0.3) is 0 Å². The molecule has 4 aromatic rings. The summed E-state index contributed by atoms with van der Waals surface area (Å²) in [7, 11) is 1.70. The number of aryl methyl sites for hydroxylation is 2. The number of methoxy groups -OCH3 is 1. The minimum Gasteiger partial charge on any atom is -0.508 e. The Morgan fingerprint density at radius 3 is 2.74 bits per heavy atom. The number of hydrogen-bond acceptors (Lipinski definition) is 6. The summed E-state index contributed by atoms with van der Waals surface area (Å²) in [6.45, 7) is 7.02. The van der Waals surface area contributed by atoms with Crippen LogP contribution < -0.4 is 4.90 Å². The molecule has 2 aromatic heterocycles. The molecular formula is C27H28F2N4O2. The molecule has 1 atom stereocenters. The highest BCUT2D eigenvalue weighted by molar-refractivity contribution is 6.01. The number of anilines is 1. The molecule has 1 saturated heterocycles. The van der Waals surface area contributed by atoms with Crippen molar-refractivity contribution in [3.8, 4) is 17.0 Å². The van der Waals surface area contributed by atoms with Crippen molar-refractivity contribution in [2.75, 3.05) is 25.1 Å². The molecule has 2 aromatic carbocycles. The van der Waals surface area contributed by atoms with Gasteiger partial charge in [-0.3, -0.25) is 4.98 Å². The number of fused-ring (bicyclic) bond motifs is 2. The zero-order chi connectivity index (χ0) is 24.9. The van der Waals surface area contributed by atoms with Gasteiger partial charge in [-0.25, -0.2) is 18.7 Å². The first-order valence-electron chi connectivity index (χ1n) is 11.8. The largest absolute Gasteiger partial charge is 0.508 e. The molecule has 1 aliphatic heterocycles. The molecular weight excluding hydrogens is 450 g/mol. The average molecular weight is 479 g/mol. The van der Waals surface area contributed by atoms with Crippen LogP contribution in [0.4, 0.5) is 14.6 Å². The van der Waals surface area contributed by atoms with Gasteiger partial charge in [0.1, 0.15) is 34.4 Å². The molecule has 0 unspecified atom stereocenters. The third-order valence-corrected chi connectivity index (χ3v) is 6.99. The predicted molar refractivity (Wildman–Crippen MR) is 133 cm³/mol. The quantitative estimate of drug-likeness (QED) is 0.405. The normalized spacial score (nSPS) is 18.5. The number of ether oxygens (including phenoxy) is 1. The number of nitrogens with zero attached hydrogens (tertiary/aromatic N) is 4. The minimum atomic E-state index is -0.626. The van der Waals surface area contributed by atoms with Crippen LogP contribution in [0, 0.1) is 18.6 Å². The molecule has 0 spiro atoms. The van der Waals surface area contributed by atoms with E-state index in [1.807, 2.05) is 6.92 Å². The van der Waals surface area contributed by atoms with Gasteiger partial charge in [0, 0.05) is 32.0 Å². The van der Waals surface area contributed by atoms with E-state index in [2.05, 4.69) is 26.8 Å². The Kier molecular flexibility index (Phi) is 5.79. The van der Waals surface area contributed by atoms with E-state index in [0.29, 0.717) is 51.9 Å². The summed E-state index contributed by atoms with van der Waals surface area (Å²) in [5.74, 6) is 0.0110. The van der Waals surface area contributed by atoms with Gasteiger partial charge in [-0.15, -0.1) is 0 Å². The fourth-order valence-corrected chi connectivity index (χ4v) is 5.16. The van der Waals surface area contributed by atoms with E-state index in [0.717, 1.165) is 19.4 Å². The van der Waals surface area contributed by atoms with E-state index in [1.54, 1.807) is 32.4 Å². The Hall–Kier alpha value is -3.39. The van der Waals surface area contributed by atoms with Gasteiger partial charge >= 0.3 is 0 Å². The highest BCUT2D eigenvalue weighted by Gasteiger charge is 2.33. The van der Waals surface area contributed by atoms with Gasteiger partial charge in [0.15, 0.2) is 5.82 Å². The van der Waals surface area contributed by atoms with E-state index in [1.165, 1.54) is 12.1 Å². The van der Waals surface area contributed by atoms with Gasteiger partial charge in [-0.05, 0) is 67.6 Å². The number of rotatable bonds is 4. The van der Waals surface area contributed by atoms with E-state index in [-0.39, 0.29) is 28.4 Å². The van der Waals surface area contributed by atoms with Crippen molar-refractivity contribution in [2.24, 2.45) is 0 Å². The second-order valence-electron chi connectivity index (χ2n) is 9.43. The first-order chi connectivity index (χ1) is 16.7. The number of halogens is 2.